The molecule has 29 heavy (non-hydrogen) atoms. The summed E-state index contributed by atoms with van der Waals surface area (Å²) in [5.74, 6) is 0.333. The van der Waals surface area contributed by atoms with Crippen LogP contribution in [-0.2, 0) is 14.8 Å². The number of carbonyl (C=O) groups is 1. The van der Waals surface area contributed by atoms with Crippen molar-refractivity contribution < 1.29 is 13.2 Å². The highest BCUT2D eigenvalue weighted by molar-refractivity contribution is 7.99. The number of aromatic nitrogens is 3. The van der Waals surface area contributed by atoms with Crippen molar-refractivity contribution in [1.29, 1.82) is 0 Å². The zero-order valence-corrected chi connectivity index (χ0v) is 18.1. The van der Waals surface area contributed by atoms with Gasteiger partial charge in [0.25, 0.3) is 0 Å². The first-order valence-corrected chi connectivity index (χ1v) is 12.2. The van der Waals surface area contributed by atoms with Crippen LogP contribution in [0.5, 0.6) is 0 Å². The minimum absolute atomic E-state index is 0.135. The van der Waals surface area contributed by atoms with Gasteiger partial charge in [-0.05, 0) is 31.9 Å². The molecular formula is C19H27N5O3S2. The third kappa shape index (κ3) is 6.03. The summed E-state index contributed by atoms with van der Waals surface area (Å²) in [7, 11) is -3.73. The number of nitrogens with one attached hydrogen (secondary N) is 2. The zero-order valence-electron chi connectivity index (χ0n) is 16.5. The molecule has 0 radical (unpaired) electrons. The Morgan fingerprint density at radius 1 is 1.24 bits per heavy atom. The molecule has 1 fully saturated rings. The molecule has 0 saturated heterocycles. The number of benzene rings is 1. The van der Waals surface area contributed by atoms with E-state index in [-0.39, 0.29) is 23.4 Å². The summed E-state index contributed by atoms with van der Waals surface area (Å²) in [4.78, 5) is 16.8. The minimum atomic E-state index is -3.73. The van der Waals surface area contributed by atoms with Crippen molar-refractivity contribution in [2.75, 3.05) is 18.8 Å². The highest BCUT2D eigenvalue weighted by Crippen LogP contribution is 2.27. The Kier molecular flexibility index (Phi) is 7.68. The van der Waals surface area contributed by atoms with Crippen molar-refractivity contribution in [3.05, 3.63) is 36.2 Å². The number of sulfonamides is 1. The van der Waals surface area contributed by atoms with Crippen LogP contribution in [0.25, 0.3) is 0 Å². The van der Waals surface area contributed by atoms with Crippen LogP contribution < -0.4 is 5.32 Å². The van der Waals surface area contributed by atoms with E-state index in [2.05, 4.69) is 20.5 Å². The smallest absolute Gasteiger partial charge is 0.243 e. The van der Waals surface area contributed by atoms with Gasteiger partial charge < -0.3 is 5.32 Å². The van der Waals surface area contributed by atoms with Crippen molar-refractivity contribution in [2.45, 2.75) is 55.1 Å². The number of rotatable bonds is 9. The second kappa shape index (κ2) is 10.2. The van der Waals surface area contributed by atoms with Gasteiger partial charge in [0.1, 0.15) is 6.33 Å². The Bertz CT molecular complexity index is 879. The number of thioether (sulfide) groups is 1. The number of hydrogen-bond acceptors (Lipinski definition) is 6. The van der Waals surface area contributed by atoms with E-state index in [0.29, 0.717) is 17.5 Å². The molecular weight excluding hydrogens is 410 g/mol. The van der Waals surface area contributed by atoms with E-state index in [4.69, 9.17) is 0 Å². The van der Waals surface area contributed by atoms with Crippen LogP contribution in [0.2, 0.25) is 0 Å². The highest BCUT2D eigenvalue weighted by Gasteiger charge is 2.33. The molecule has 2 aromatic rings. The van der Waals surface area contributed by atoms with Gasteiger partial charge in [0, 0.05) is 18.3 Å². The molecule has 8 nitrogen and oxygen atoms in total. The zero-order chi connectivity index (χ0) is 20.7. The molecule has 10 heteroatoms. The SMILES string of the molecule is Cc1ccc(S(=O)(=O)N(CC(=O)NCCSc2ncn[nH]2)C2CCCCC2)cc1. The van der Waals surface area contributed by atoms with Crippen LogP contribution in [-0.4, -0.2) is 58.7 Å². The molecule has 1 amide bonds. The number of carbonyl (C=O) groups excluding carboxylic acids is 1. The third-order valence-corrected chi connectivity index (χ3v) is 7.76. The van der Waals surface area contributed by atoms with Gasteiger partial charge >= 0.3 is 0 Å². The number of aryl methyl sites for hydroxylation is 1. The summed E-state index contributed by atoms with van der Waals surface area (Å²) in [5.41, 5.74) is 0.996. The van der Waals surface area contributed by atoms with E-state index in [0.717, 1.165) is 37.7 Å². The lowest BCUT2D eigenvalue weighted by Gasteiger charge is -2.33. The average Bonchev–Trinajstić information content (AvgIpc) is 3.24. The Morgan fingerprint density at radius 2 is 1.97 bits per heavy atom. The topological polar surface area (TPSA) is 108 Å². The van der Waals surface area contributed by atoms with Crippen LogP contribution in [0.15, 0.2) is 40.6 Å². The summed E-state index contributed by atoms with van der Waals surface area (Å²) in [6, 6.07) is 6.67. The summed E-state index contributed by atoms with van der Waals surface area (Å²) in [6.07, 6.45) is 6.10. The molecule has 0 atom stereocenters. The Labute approximate surface area is 175 Å². The maximum absolute atomic E-state index is 13.3. The van der Waals surface area contributed by atoms with Crippen molar-refractivity contribution in [3.63, 3.8) is 0 Å². The molecule has 1 aromatic carbocycles. The molecule has 0 spiro atoms. The Hall–Kier alpha value is -1.91. The monoisotopic (exact) mass is 437 g/mol. The van der Waals surface area contributed by atoms with Gasteiger partial charge in [-0.2, -0.15) is 9.40 Å². The lowest BCUT2D eigenvalue weighted by Crippen LogP contribution is -2.47. The van der Waals surface area contributed by atoms with Gasteiger partial charge in [-0.1, -0.05) is 48.7 Å². The fraction of sp³-hybridized carbons (Fsp3) is 0.526. The van der Waals surface area contributed by atoms with Crippen LogP contribution in [0.1, 0.15) is 37.7 Å². The van der Waals surface area contributed by atoms with Crippen molar-refractivity contribution >= 4 is 27.7 Å². The van der Waals surface area contributed by atoms with E-state index in [1.165, 1.54) is 22.4 Å². The standard InChI is InChI=1S/C19H27N5O3S2/c1-15-7-9-17(10-8-15)29(26,27)24(16-5-3-2-4-6-16)13-18(25)20-11-12-28-19-21-14-22-23-19/h7-10,14,16H,2-6,11-13H2,1H3,(H,20,25)(H,21,22,23). The molecule has 3 rings (SSSR count). The summed E-state index contributed by atoms with van der Waals surface area (Å²) in [6.45, 7) is 2.18. The normalized spacial score (nSPS) is 15.5. The molecule has 1 aromatic heterocycles. The lowest BCUT2D eigenvalue weighted by molar-refractivity contribution is -0.121. The van der Waals surface area contributed by atoms with Gasteiger partial charge in [0.15, 0.2) is 5.16 Å². The predicted octanol–water partition coefficient (Wildman–Crippen LogP) is 2.35. The largest absolute Gasteiger partial charge is 0.354 e. The second-order valence-electron chi connectivity index (χ2n) is 7.14. The molecule has 1 aliphatic rings. The molecule has 2 N–H and O–H groups in total. The summed E-state index contributed by atoms with van der Waals surface area (Å²) in [5, 5.41) is 10.0. The molecule has 1 aliphatic carbocycles. The molecule has 0 aliphatic heterocycles. The first kappa shape index (κ1) is 21.8. The average molecular weight is 438 g/mol. The number of hydrogen-bond donors (Lipinski definition) is 2. The van der Waals surface area contributed by atoms with Gasteiger partial charge in [0.2, 0.25) is 15.9 Å². The number of H-pyrrole nitrogens is 1. The number of amides is 1. The van der Waals surface area contributed by atoms with E-state index in [9.17, 15) is 13.2 Å². The first-order chi connectivity index (χ1) is 14.0. The fourth-order valence-electron chi connectivity index (χ4n) is 3.42. The first-order valence-electron chi connectivity index (χ1n) is 9.80. The Morgan fingerprint density at radius 3 is 2.62 bits per heavy atom. The molecule has 1 saturated carbocycles. The minimum Gasteiger partial charge on any atom is -0.354 e. The third-order valence-electron chi connectivity index (χ3n) is 4.96. The maximum Gasteiger partial charge on any atom is 0.243 e. The van der Waals surface area contributed by atoms with Crippen molar-refractivity contribution in [3.8, 4) is 0 Å². The predicted molar refractivity (Wildman–Crippen MR) is 112 cm³/mol. The summed E-state index contributed by atoms with van der Waals surface area (Å²) < 4.78 is 28.0. The van der Waals surface area contributed by atoms with Gasteiger partial charge in [-0.3, -0.25) is 9.89 Å². The van der Waals surface area contributed by atoms with Gasteiger partial charge in [-0.25, -0.2) is 13.4 Å². The maximum atomic E-state index is 13.3. The van der Waals surface area contributed by atoms with Crippen LogP contribution in [0.4, 0.5) is 0 Å². The van der Waals surface area contributed by atoms with Crippen LogP contribution in [0.3, 0.4) is 0 Å². The molecule has 0 bridgehead atoms. The van der Waals surface area contributed by atoms with E-state index >= 15 is 0 Å². The fourth-order valence-corrected chi connectivity index (χ4v) is 5.70. The lowest BCUT2D eigenvalue weighted by atomic mass is 9.95. The van der Waals surface area contributed by atoms with Gasteiger partial charge in [0.05, 0.1) is 11.4 Å². The van der Waals surface area contributed by atoms with Crippen molar-refractivity contribution in [2.24, 2.45) is 0 Å². The quantitative estimate of drug-likeness (QED) is 0.460. The second-order valence-corrected chi connectivity index (χ2v) is 10.1. The Balaban J connectivity index is 1.64. The summed E-state index contributed by atoms with van der Waals surface area (Å²) >= 11 is 1.44. The van der Waals surface area contributed by atoms with E-state index in [1.54, 1.807) is 24.3 Å². The van der Waals surface area contributed by atoms with Gasteiger partial charge in [-0.15, -0.1) is 0 Å². The molecule has 158 valence electrons. The van der Waals surface area contributed by atoms with Crippen molar-refractivity contribution in [1.82, 2.24) is 24.8 Å². The van der Waals surface area contributed by atoms with Crippen LogP contribution >= 0.6 is 11.8 Å². The highest BCUT2D eigenvalue weighted by atomic mass is 32.2. The number of nitrogens with zero attached hydrogens (tertiary/aromatic N) is 3. The molecule has 1 heterocycles. The van der Waals surface area contributed by atoms with E-state index < -0.39 is 10.0 Å². The van der Waals surface area contributed by atoms with Crippen LogP contribution in [0, 0.1) is 6.92 Å². The molecule has 0 unspecified atom stereocenters. The van der Waals surface area contributed by atoms with E-state index in [1.807, 2.05) is 6.92 Å². The number of aromatic amines is 1.